The van der Waals surface area contributed by atoms with Crippen LogP contribution in [0.1, 0.15) is 44.9 Å². The van der Waals surface area contributed by atoms with E-state index in [2.05, 4.69) is 4.72 Å². The molecule has 1 unspecified atom stereocenters. The van der Waals surface area contributed by atoms with E-state index in [0.29, 0.717) is 18.9 Å². The normalized spacial score (nSPS) is 30.6. The number of carbonyl (C=O) groups is 1. The Morgan fingerprint density at radius 2 is 2.00 bits per heavy atom. The molecule has 1 aliphatic carbocycles. The fourth-order valence-electron chi connectivity index (χ4n) is 3.45. The highest BCUT2D eigenvalue weighted by Gasteiger charge is 2.32. The summed E-state index contributed by atoms with van der Waals surface area (Å²) in [6.07, 6.45) is 7.73. The second-order valence-electron chi connectivity index (χ2n) is 6.42. The quantitative estimate of drug-likeness (QED) is 0.769. The third kappa shape index (κ3) is 4.93. The smallest absolute Gasteiger partial charge is 0.223 e. The number of carbonyl (C=O) groups excluding carboxylic acids is 1. The molecule has 0 bridgehead atoms. The van der Waals surface area contributed by atoms with E-state index in [1.165, 1.54) is 0 Å². The summed E-state index contributed by atoms with van der Waals surface area (Å²) in [5, 5.41) is 0. The number of nitrogens with two attached hydrogens (primary N) is 1. The molecule has 1 heterocycles. The minimum absolute atomic E-state index is 0.0152. The summed E-state index contributed by atoms with van der Waals surface area (Å²) in [5.74, 6) is 0.431. The Balaban J connectivity index is 1.92. The Hall–Kier alpha value is -0.660. The lowest BCUT2D eigenvalue weighted by atomic mass is 9.96. The largest absolute Gasteiger partial charge is 0.338 e. The standard InChI is InChI=1S/C14H27N3O3S/c1-21(19,20)16-10-12-6-2-3-8-17(12)14(18)9-11-5-4-7-13(11)15/h11-13,16H,2-10,15H2,1H3/t11-,12?,13+/m0/s1. The van der Waals surface area contributed by atoms with Crippen LogP contribution in [0.3, 0.4) is 0 Å². The molecule has 0 aromatic carbocycles. The lowest BCUT2D eigenvalue weighted by molar-refractivity contribution is -0.135. The Labute approximate surface area is 127 Å². The van der Waals surface area contributed by atoms with E-state index in [4.69, 9.17) is 5.73 Å². The maximum atomic E-state index is 12.5. The second-order valence-corrected chi connectivity index (χ2v) is 8.25. The van der Waals surface area contributed by atoms with E-state index in [1.54, 1.807) is 0 Å². The SMILES string of the molecule is CS(=O)(=O)NCC1CCCCN1C(=O)C[C@@H]1CCC[C@H]1N. The molecule has 3 atom stereocenters. The molecule has 0 aromatic heterocycles. The number of sulfonamides is 1. The average Bonchev–Trinajstić information content (AvgIpc) is 2.81. The van der Waals surface area contributed by atoms with Crippen molar-refractivity contribution in [2.45, 2.75) is 57.0 Å². The van der Waals surface area contributed by atoms with Gasteiger partial charge in [-0.25, -0.2) is 13.1 Å². The van der Waals surface area contributed by atoms with Crippen molar-refractivity contribution in [1.29, 1.82) is 0 Å². The Bertz CT molecular complexity index is 466. The van der Waals surface area contributed by atoms with E-state index in [1.807, 2.05) is 4.90 Å². The summed E-state index contributed by atoms with van der Waals surface area (Å²) in [6, 6.07) is 0.130. The van der Waals surface area contributed by atoms with Gasteiger partial charge in [0.05, 0.1) is 6.26 Å². The van der Waals surface area contributed by atoms with E-state index in [0.717, 1.165) is 51.3 Å². The molecule has 2 aliphatic rings. The molecule has 0 spiro atoms. The van der Waals surface area contributed by atoms with Crippen LogP contribution in [-0.4, -0.2) is 50.7 Å². The zero-order valence-electron chi connectivity index (χ0n) is 12.8. The monoisotopic (exact) mass is 317 g/mol. The summed E-state index contributed by atoms with van der Waals surface area (Å²) < 4.78 is 25.0. The topological polar surface area (TPSA) is 92.5 Å². The molecule has 2 fully saturated rings. The van der Waals surface area contributed by atoms with Gasteiger partial charge in [0.1, 0.15) is 0 Å². The lowest BCUT2D eigenvalue weighted by Gasteiger charge is -2.36. The van der Waals surface area contributed by atoms with Crippen LogP contribution in [0.25, 0.3) is 0 Å². The molecule has 0 radical (unpaired) electrons. The highest BCUT2D eigenvalue weighted by atomic mass is 32.2. The Kier molecular flexibility index (Phi) is 5.62. The van der Waals surface area contributed by atoms with Crippen LogP contribution in [0.15, 0.2) is 0 Å². The zero-order chi connectivity index (χ0) is 15.5. The van der Waals surface area contributed by atoms with Crippen LogP contribution >= 0.6 is 0 Å². The number of rotatable bonds is 5. The van der Waals surface area contributed by atoms with E-state index in [-0.39, 0.29) is 18.0 Å². The van der Waals surface area contributed by atoms with Crippen LogP contribution < -0.4 is 10.5 Å². The second kappa shape index (κ2) is 7.07. The number of amides is 1. The van der Waals surface area contributed by atoms with Gasteiger partial charge in [-0.2, -0.15) is 0 Å². The number of nitrogens with one attached hydrogen (secondary N) is 1. The molecule has 21 heavy (non-hydrogen) atoms. The minimum atomic E-state index is -3.21. The van der Waals surface area contributed by atoms with Gasteiger partial charge in [-0.1, -0.05) is 6.42 Å². The van der Waals surface area contributed by atoms with Gasteiger partial charge < -0.3 is 10.6 Å². The zero-order valence-corrected chi connectivity index (χ0v) is 13.6. The van der Waals surface area contributed by atoms with Gasteiger partial charge in [-0.3, -0.25) is 4.79 Å². The third-order valence-corrected chi connectivity index (χ3v) is 5.37. The van der Waals surface area contributed by atoms with Crippen molar-refractivity contribution in [3.63, 3.8) is 0 Å². The number of likely N-dealkylation sites (tertiary alicyclic amines) is 1. The molecule has 3 N–H and O–H groups in total. The number of hydrogen-bond acceptors (Lipinski definition) is 4. The van der Waals surface area contributed by atoms with Gasteiger partial charge in [0.2, 0.25) is 15.9 Å². The summed E-state index contributed by atoms with van der Waals surface area (Å²) in [6.45, 7) is 1.05. The molecule has 0 aromatic rings. The molecular weight excluding hydrogens is 290 g/mol. The van der Waals surface area contributed by atoms with Crippen LogP contribution in [0.2, 0.25) is 0 Å². The van der Waals surface area contributed by atoms with Crippen molar-refractivity contribution < 1.29 is 13.2 Å². The first-order chi connectivity index (χ1) is 9.87. The van der Waals surface area contributed by atoms with Crippen molar-refractivity contribution in [3.05, 3.63) is 0 Å². The van der Waals surface area contributed by atoms with Crippen LogP contribution in [0.5, 0.6) is 0 Å². The third-order valence-electron chi connectivity index (χ3n) is 4.68. The summed E-state index contributed by atoms with van der Waals surface area (Å²) in [4.78, 5) is 14.4. The predicted octanol–water partition coefficient (Wildman–Crippen LogP) is 0.434. The van der Waals surface area contributed by atoms with E-state index in [9.17, 15) is 13.2 Å². The first kappa shape index (κ1) is 16.7. The van der Waals surface area contributed by atoms with Gasteiger partial charge in [-0.05, 0) is 38.0 Å². The number of nitrogens with zero attached hydrogens (tertiary/aromatic N) is 1. The van der Waals surface area contributed by atoms with Crippen molar-refractivity contribution in [3.8, 4) is 0 Å². The van der Waals surface area contributed by atoms with Gasteiger partial charge in [0.15, 0.2) is 0 Å². The van der Waals surface area contributed by atoms with E-state index < -0.39 is 10.0 Å². The van der Waals surface area contributed by atoms with Crippen molar-refractivity contribution in [1.82, 2.24) is 9.62 Å². The lowest BCUT2D eigenvalue weighted by Crippen LogP contribution is -2.50. The maximum Gasteiger partial charge on any atom is 0.223 e. The first-order valence-electron chi connectivity index (χ1n) is 7.86. The Morgan fingerprint density at radius 1 is 1.24 bits per heavy atom. The summed E-state index contributed by atoms with van der Waals surface area (Å²) >= 11 is 0. The fraction of sp³-hybridized carbons (Fsp3) is 0.929. The highest BCUT2D eigenvalue weighted by molar-refractivity contribution is 7.88. The molecule has 1 saturated heterocycles. The summed E-state index contributed by atoms with van der Waals surface area (Å²) in [5.41, 5.74) is 6.04. The first-order valence-corrected chi connectivity index (χ1v) is 9.75. The van der Waals surface area contributed by atoms with Gasteiger partial charge in [0, 0.05) is 31.6 Å². The average molecular weight is 317 g/mol. The molecule has 1 saturated carbocycles. The predicted molar refractivity (Wildman–Crippen MR) is 82.1 cm³/mol. The van der Waals surface area contributed by atoms with Crippen molar-refractivity contribution in [2.24, 2.45) is 11.7 Å². The molecule has 1 amide bonds. The molecule has 122 valence electrons. The van der Waals surface area contributed by atoms with Crippen molar-refractivity contribution in [2.75, 3.05) is 19.3 Å². The molecule has 2 rings (SSSR count). The van der Waals surface area contributed by atoms with Gasteiger partial charge in [0.25, 0.3) is 0 Å². The van der Waals surface area contributed by atoms with Crippen LogP contribution in [-0.2, 0) is 14.8 Å². The molecule has 7 heteroatoms. The molecular formula is C14H27N3O3S. The van der Waals surface area contributed by atoms with Crippen LogP contribution in [0, 0.1) is 5.92 Å². The minimum Gasteiger partial charge on any atom is -0.338 e. The van der Waals surface area contributed by atoms with Gasteiger partial charge >= 0.3 is 0 Å². The van der Waals surface area contributed by atoms with Gasteiger partial charge in [-0.15, -0.1) is 0 Å². The van der Waals surface area contributed by atoms with Crippen molar-refractivity contribution >= 4 is 15.9 Å². The van der Waals surface area contributed by atoms with Crippen LogP contribution in [0.4, 0.5) is 0 Å². The fourth-order valence-corrected chi connectivity index (χ4v) is 3.94. The molecule has 6 nitrogen and oxygen atoms in total. The molecule has 1 aliphatic heterocycles. The highest BCUT2D eigenvalue weighted by Crippen LogP contribution is 2.28. The number of piperidine rings is 1. The summed E-state index contributed by atoms with van der Waals surface area (Å²) in [7, 11) is -3.21. The Morgan fingerprint density at radius 3 is 2.62 bits per heavy atom. The maximum absolute atomic E-state index is 12.5. The van der Waals surface area contributed by atoms with E-state index >= 15 is 0 Å². The number of hydrogen-bond donors (Lipinski definition) is 2.